The minimum atomic E-state index is -0.331. The van der Waals surface area contributed by atoms with Crippen LogP contribution < -0.4 is 0 Å². The number of ether oxygens (including phenoxy) is 4. The third-order valence-corrected chi connectivity index (χ3v) is 2.39. The van der Waals surface area contributed by atoms with E-state index in [1.54, 1.807) is 14.2 Å². The number of methoxy groups -OCH3 is 2. The minimum Gasteiger partial charge on any atom is -0.502 e. The molecule has 0 aliphatic rings. The average molecular weight is 258 g/mol. The molecule has 0 bridgehead atoms. The van der Waals surface area contributed by atoms with Gasteiger partial charge in [-0.3, -0.25) is 0 Å². The van der Waals surface area contributed by atoms with Crippen molar-refractivity contribution in [3.8, 4) is 0 Å². The molecule has 0 saturated heterocycles. The number of hydrogen-bond donors (Lipinski definition) is 0. The van der Waals surface area contributed by atoms with E-state index in [4.69, 9.17) is 18.9 Å². The van der Waals surface area contributed by atoms with Gasteiger partial charge in [0.05, 0.1) is 25.7 Å². The van der Waals surface area contributed by atoms with Crippen molar-refractivity contribution >= 4 is 0 Å². The molecule has 0 heterocycles. The van der Waals surface area contributed by atoms with Crippen molar-refractivity contribution < 1.29 is 18.9 Å². The van der Waals surface area contributed by atoms with Crippen LogP contribution in [0.5, 0.6) is 0 Å². The highest BCUT2D eigenvalue weighted by Crippen LogP contribution is 2.11. The van der Waals surface area contributed by atoms with Gasteiger partial charge in [-0.2, -0.15) is 0 Å². The molecule has 0 aliphatic carbocycles. The summed E-state index contributed by atoms with van der Waals surface area (Å²) < 4.78 is 21.3. The van der Waals surface area contributed by atoms with Crippen LogP contribution >= 0.6 is 0 Å². The van der Waals surface area contributed by atoms with Crippen molar-refractivity contribution in [1.29, 1.82) is 0 Å². The van der Waals surface area contributed by atoms with E-state index in [0.717, 1.165) is 24.4 Å². The zero-order chi connectivity index (χ0) is 13.8. The number of rotatable bonds is 10. The van der Waals surface area contributed by atoms with E-state index >= 15 is 0 Å². The second-order valence-corrected chi connectivity index (χ2v) is 3.67. The lowest BCUT2D eigenvalue weighted by molar-refractivity contribution is -0.105. The summed E-state index contributed by atoms with van der Waals surface area (Å²) in [5, 5.41) is 0. The Morgan fingerprint density at radius 1 is 1.06 bits per heavy atom. The van der Waals surface area contributed by atoms with Gasteiger partial charge in [0.2, 0.25) is 0 Å². The first-order valence-corrected chi connectivity index (χ1v) is 6.36. The molecule has 0 aromatic rings. The maximum atomic E-state index is 5.44. The maximum absolute atomic E-state index is 5.44. The standard InChI is InChI=1S/C14H26O4/c1-6-17-14(18-7-2)11-13(16-5)10-8-9-12(3)15-4/h9,11,14H,6-8,10H2,1-5H3/b12-9?,13-11-. The van der Waals surface area contributed by atoms with Gasteiger partial charge in [-0.1, -0.05) is 0 Å². The zero-order valence-corrected chi connectivity index (χ0v) is 12.2. The van der Waals surface area contributed by atoms with Gasteiger partial charge < -0.3 is 18.9 Å². The molecule has 0 unspecified atom stereocenters. The second-order valence-electron chi connectivity index (χ2n) is 3.67. The van der Waals surface area contributed by atoms with E-state index in [9.17, 15) is 0 Å². The zero-order valence-electron chi connectivity index (χ0n) is 12.2. The molecule has 4 heteroatoms. The fraction of sp³-hybridized carbons (Fsp3) is 0.714. The molecule has 18 heavy (non-hydrogen) atoms. The van der Waals surface area contributed by atoms with Gasteiger partial charge >= 0.3 is 0 Å². The average Bonchev–Trinajstić information content (AvgIpc) is 2.37. The highest BCUT2D eigenvalue weighted by atomic mass is 16.7. The lowest BCUT2D eigenvalue weighted by Crippen LogP contribution is -2.15. The van der Waals surface area contributed by atoms with Crippen molar-refractivity contribution in [3.05, 3.63) is 23.7 Å². The largest absolute Gasteiger partial charge is 0.502 e. The Kier molecular flexibility index (Phi) is 10.5. The molecule has 0 aliphatic heterocycles. The monoisotopic (exact) mass is 258 g/mol. The SMILES string of the molecule is CCOC(/C=C(/CCC=C(C)OC)OC)OCC. The van der Waals surface area contributed by atoms with Crippen molar-refractivity contribution in [3.63, 3.8) is 0 Å². The summed E-state index contributed by atoms with van der Waals surface area (Å²) in [6.45, 7) is 7.04. The van der Waals surface area contributed by atoms with E-state index in [2.05, 4.69) is 0 Å². The summed E-state index contributed by atoms with van der Waals surface area (Å²) in [4.78, 5) is 0. The van der Waals surface area contributed by atoms with Gasteiger partial charge in [0.25, 0.3) is 0 Å². The van der Waals surface area contributed by atoms with Gasteiger partial charge in [-0.05, 0) is 33.3 Å². The van der Waals surface area contributed by atoms with Crippen LogP contribution in [0.2, 0.25) is 0 Å². The molecule has 106 valence electrons. The fourth-order valence-electron chi connectivity index (χ4n) is 1.38. The smallest absolute Gasteiger partial charge is 0.180 e. The van der Waals surface area contributed by atoms with Crippen LogP contribution in [0, 0.1) is 0 Å². The summed E-state index contributed by atoms with van der Waals surface area (Å²) in [6, 6.07) is 0. The van der Waals surface area contributed by atoms with Crippen LogP contribution in [0.1, 0.15) is 33.6 Å². The lowest BCUT2D eigenvalue weighted by Gasteiger charge is -2.14. The van der Waals surface area contributed by atoms with Gasteiger partial charge in [0.1, 0.15) is 0 Å². The van der Waals surface area contributed by atoms with Crippen LogP contribution in [0.4, 0.5) is 0 Å². The Morgan fingerprint density at radius 3 is 2.11 bits per heavy atom. The van der Waals surface area contributed by atoms with Crippen molar-refractivity contribution in [1.82, 2.24) is 0 Å². The number of hydrogen-bond acceptors (Lipinski definition) is 4. The Balaban J connectivity index is 4.34. The van der Waals surface area contributed by atoms with Crippen molar-refractivity contribution in [2.24, 2.45) is 0 Å². The van der Waals surface area contributed by atoms with E-state index in [0.29, 0.717) is 13.2 Å². The summed E-state index contributed by atoms with van der Waals surface area (Å²) in [7, 11) is 3.33. The predicted octanol–water partition coefficient (Wildman–Crippen LogP) is 3.25. The summed E-state index contributed by atoms with van der Waals surface area (Å²) in [5.74, 6) is 1.78. The minimum absolute atomic E-state index is 0.331. The second kappa shape index (κ2) is 11.1. The van der Waals surface area contributed by atoms with Crippen LogP contribution in [0.25, 0.3) is 0 Å². The summed E-state index contributed by atoms with van der Waals surface area (Å²) >= 11 is 0. The van der Waals surface area contributed by atoms with Crippen LogP contribution in [-0.2, 0) is 18.9 Å². The predicted molar refractivity (Wildman–Crippen MR) is 72.1 cm³/mol. The maximum Gasteiger partial charge on any atom is 0.180 e. The first-order chi connectivity index (χ1) is 8.67. The fourth-order valence-corrected chi connectivity index (χ4v) is 1.38. The highest BCUT2D eigenvalue weighted by molar-refractivity contribution is 4.99. The van der Waals surface area contributed by atoms with E-state index in [1.807, 2.05) is 32.9 Å². The van der Waals surface area contributed by atoms with Crippen LogP contribution in [0.15, 0.2) is 23.7 Å². The molecular weight excluding hydrogens is 232 g/mol. The molecule has 0 aromatic carbocycles. The van der Waals surface area contributed by atoms with E-state index < -0.39 is 0 Å². The van der Waals surface area contributed by atoms with Crippen LogP contribution in [-0.4, -0.2) is 33.7 Å². The molecule has 0 fully saturated rings. The first-order valence-electron chi connectivity index (χ1n) is 6.36. The molecule has 0 atom stereocenters. The van der Waals surface area contributed by atoms with Gasteiger partial charge in [0.15, 0.2) is 6.29 Å². The Morgan fingerprint density at radius 2 is 1.67 bits per heavy atom. The summed E-state index contributed by atoms with van der Waals surface area (Å²) in [6.07, 6.45) is 5.24. The van der Waals surface area contributed by atoms with E-state index in [-0.39, 0.29) is 6.29 Å². The van der Waals surface area contributed by atoms with Gasteiger partial charge in [-0.25, -0.2) is 0 Å². The third kappa shape index (κ3) is 8.14. The Labute approximate surface area is 111 Å². The van der Waals surface area contributed by atoms with Crippen LogP contribution in [0.3, 0.4) is 0 Å². The third-order valence-electron chi connectivity index (χ3n) is 2.39. The number of allylic oxidation sites excluding steroid dienone is 3. The molecular formula is C14H26O4. The first kappa shape index (κ1) is 17.0. The molecule has 0 saturated carbocycles. The molecule has 0 aromatic heterocycles. The van der Waals surface area contributed by atoms with E-state index in [1.165, 1.54) is 0 Å². The summed E-state index contributed by atoms with van der Waals surface area (Å²) in [5.41, 5.74) is 0. The topological polar surface area (TPSA) is 36.9 Å². The quantitative estimate of drug-likeness (QED) is 0.445. The Bertz CT molecular complexity index is 253. The molecule has 0 N–H and O–H groups in total. The molecule has 4 nitrogen and oxygen atoms in total. The van der Waals surface area contributed by atoms with Crippen molar-refractivity contribution in [2.75, 3.05) is 27.4 Å². The molecule has 0 radical (unpaired) electrons. The lowest BCUT2D eigenvalue weighted by atomic mass is 10.2. The Hall–Kier alpha value is -1.00. The van der Waals surface area contributed by atoms with Crippen molar-refractivity contribution in [2.45, 2.75) is 39.9 Å². The normalized spacial score (nSPS) is 13.0. The van der Waals surface area contributed by atoms with Gasteiger partial charge in [0, 0.05) is 25.7 Å². The molecule has 0 rings (SSSR count). The molecule has 0 spiro atoms. The molecule has 0 amide bonds. The highest BCUT2D eigenvalue weighted by Gasteiger charge is 2.06. The van der Waals surface area contributed by atoms with Gasteiger partial charge in [-0.15, -0.1) is 0 Å².